The molecule has 0 aromatic heterocycles. The molecular weight excluding hydrogens is 278 g/mol. The normalized spacial score (nSPS) is 22.1. The molecule has 1 fully saturated rings. The van der Waals surface area contributed by atoms with Crippen LogP contribution in [0.25, 0.3) is 0 Å². The second-order valence-corrected chi connectivity index (χ2v) is 6.38. The van der Waals surface area contributed by atoms with E-state index in [4.69, 9.17) is 9.47 Å². The molecule has 5 heteroatoms. The van der Waals surface area contributed by atoms with Crippen LogP contribution in [0, 0.1) is 5.82 Å². The molecular formula is C16H20F2O3. The quantitative estimate of drug-likeness (QED) is 0.594. The molecule has 0 N–H and O–H groups in total. The summed E-state index contributed by atoms with van der Waals surface area (Å²) in [6.07, 6.45) is -1.32. The van der Waals surface area contributed by atoms with Crippen molar-refractivity contribution in [2.45, 2.75) is 57.7 Å². The fourth-order valence-electron chi connectivity index (χ4n) is 2.31. The first kappa shape index (κ1) is 15.7. The largest absolute Gasteiger partial charge is 0.514 e. The van der Waals surface area contributed by atoms with Crippen molar-refractivity contribution in [2.24, 2.45) is 0 Å². The van der Waals surface area contributed by atoms with Crippen LogP contribution < -0.4 is 4.74 Å². The third kappa shape index (κ3) is 4.16. The van der Waals surface area contributed by atoms with Gasteiger partial charge >= 0.3 is 6.16 Å². The maximum Gasteiger partial charge on any atom is 0.514 e. The zero-order valence-electron chi connectivity index (χ0n) is 12.5. The second-order valence-electron chi connectivity index (χ2n) is 6.38. The van der Waals surface area contributed by atoms with Crippen molar-refractivity contribution in [1.29, 1.82) is 0 Å². The Balaban J connectivity index is 2.05. The van der Waals surface area contributed by atoms with E-state index in [1.807, 2.05) is 20.8 Å². The molecule has 2 rings (SSSR count). The summed E-state index contributed by atoms with van der Waals surface area (Å²) in [6, 6.07) is 4.09. The van der Waals surface area contributed by atoms with Crippen LogP contribution in [-0.4, -0.2) is 18.4 Å². The lowest BCUT2D eigenvalue weighted by molar-refractivity contribution is 0.0310. The lowest BCUT2D eigenvalue weighted by Gasteiger charge is -2.20. The van der Waals surface area contributed by atoms with Gasteiger partial charge in [-0.05, 0) is 42.4 Å². The maximum absolute atomic E-state index is 13.6. The Labute approximate surface area is 123 Å². The Morgan fingerprint density at radius 3 is 2.52 bits per heavy atom. The highest BCUT2D eigenvalue weighted by molar-refractivity contribution is 5.64. The summed E-state index contributed by atoms with van der Waals surface area (Å²) in [4.78, 5) is 11.7. The molecule has 1 aromatic rings. The van der Waals surface area contributed by atoms with Crippen LogP contribution in [0.2, 0.25) is 0 Å². The van der Waals surface area contributed by atoms with Gasteiger partial charge in [0.05, 0.1) is 0 Å². The van der Waals surface area contributed by atoms with E-state index in [9.17, 15) is 13.6 Å². The van der Waals surface area contributed by atoms with Crippen LogP contribution in [0.1, 0.15) is 45.6 Å². The first-order valence-electron chi connectivity index (χ1n) is 7.09. The molecule has 1 aliphatic carbocycles. The van der Waals surface area contributed by atoms with Crippen molar-refractivity contribution in [3.63, 3.8) is 0 Å². The number of ether oxygens (including phenoxy) is 2. The number of halogens is 2. The number of rotatable bonds is 2. The van der Waals surface area contributed by atoms with Crippen LogP contribution >= 0.6 is 0 Å². The number of carbonyl (C=O) groups is 1. The predicted octanol–water partition coefficient (Wildman–Crippen LogP) is 4.53. The van der Waals surface area contributed by atoms with Crippen molar-refractivity contribution in [2.75, 3.05) is 0 Å². The number of hydrogen-bond donors (Lipinski definition) is 0. The molecule has 2 unspecified atom stereocenters. The highest BCUT2D eigenvalue weighted by atomic mass is 19.1. The highest BCUT2D eigenvalue weighted by Crippen LogP contribution is 2.28. The molecule has 0 bridgehead atoms. The molecule has 116 valence electrons. The Bertz CT molecular complexity index is 523. The van der Waals surface area contributed by atoms with Gasteiger partial charge in [-0.1, -0.05) is 20.8 Å². The van der Waals surface area contributed by atoms with Gasteiger partial charge in [-0.2, -0.15) is 0 Å². The fourth-order valence-corrected chi connectivity index (χ4v) is 2.31. The van der Waals surface area contributed by atoms with Gasteiger partial charge in [-0.15, -0.1) is 0 Å². The maximum atomic E-state index is 13.6. The van der Waals surface area contributed by atoms with Crippen molar-refractivity contribution in [3.8, 4) is 5.75 Å². The van der Waals surface area contributed by atoms with Gasteiger partial charge in [0, 0.05) is 6.07 Å². The second kappa shape index (κ2) is 6.00. The number of benzene rings is 1. The Hall–Kier alpha value is -1.65. The predicted molar refractivity (Wildman–Crippen MR) is 74.7 cm³/mol. The van der Waals surface area contributed by atoms with Gasteiger partial charge in [-0.3, -0.25) is 0 Å². The smallest absolute Gasteiger partial charge is 0.428 e. The van der Waals surface area contributed by atoms with Crippen LogP contribution in [0.4, 0.5) is 13.6 Å². The summed E-state index contributed by atoms with van der Waals surface area (Å²) in [5, 5.41) is 0. The number of hydrogen-bond acceptors (Lipinski definition) is 3. The van der Waals surface area contributed by atoms with E-state index in [1.54, 1.807) is 6.07 Å². The van der Waals surface area contributed by atoms with Crippen molar-refractivity contribution < 1.29 is 23.0 Å². The highest BCUT2D eigenvalue weighted by Gasteiger charge is 2.31. The van der Waals surface area contributed by atoms with Crippen LogP contribution in [-0.2, 0) is 10.2 Å². The lowest BCUT2D eigenvalue weighted by Crippen LogP contribution is -2.25. The SMILES string of the molecule is CC(C)(C)c1cc(F)cc(OC(=O)OC2CCCC2F)c1. The molecule has 0 heterocycles. The molecule has 0 spiro atoms. The van der Waals surface area contributed by atoms with E-state index < -0.39 is 24.2 Å². The average molecular weight is 298 g/mol. The monoisotopic (exact) mass is 298 g/mol. The Kier molecular flexibility index (Phi) is 4.49. The molecule has 1 aromatic carbocycles. The summed E-state index contributed by atoms with van der Waals surface area (Å²) >= 11 is 0. The summed E-state index contributed by atoms with van der Waals surface area (Å²) in [6.45, 7) is 5.78. The third-order valence-corrected chi connectivity index (χ3v) is 3.56. The van der Waals surface area contributed by atoms with Crippen LogP contribution in [0.5, 0.6) is 5.75 Å². The van der Waals surface area contributed by atoms with Crippen molar-refractivity contribution >= 4 is 6.16 Å². The molecule has 0 amide bonds. The summed E-state index contributed by atoms with van der Waals surface area (Å²) < 4.78 is 36.9. The summed E-state index contributed by atoms with van der Waals surface area (Å²) in [7, 11) is 0. The molecule has 1 aliphatic rings. The van der Waals surface area contributed by atoms with Crippen LogP contribution in [0.15, 0.2) is 18.2 Å². The standard InChI is InChI=1S/C16H20F2O3/c1-16(2,3)10-7-11(17)9-12(8-10)20-15(19)21-14-6-4-5-13(14)18/h7-9,13-14H,4-6H2,1-3H3. The van der Waals surface area contributed by atoms with Gasteiger partial charge in [0.15, 0.2) is 0 Å². The minimum atomic E-state index is -1.14. The topological polar surface area (TPSA) is 35.5 Å². The minimum absolute atomic E-state index is 0.0679. The first-order chi connectivity index (χ1) is 9.75. The van der Waals surface area contributed by atoms with Crippen LogP contribution in [0.3, 0.4) is 0 Å². The average Bonchev–Trinajstić information content (AvgIpc) is 2.73. The molecule has 0 aliphatic heterocycles. The van der Waals surface area contributed by atoms with Gasteiger partial charge in [0.25, 0.3) is 0 Å². The Morgan fingerprint density at radius 1 is 1.24 bits per heavy atom. The molecule has 1 saturated carbocycles. The molecule has 0 radical (unpaired) electrons. The van der Waals surface area contributed by atoms with Gasteiger partial charge in [-0.25, -0.2) is 13.6 Å². The van der Waals surface area contributed by atoms with Crippen molar-refractivity contribution in [1.82, 2.24) is 0 Å². The molecule has 2 atom stereocenters. The summed E-state index contributed by atoms with van der Waals surface area (Å²) in [5.74, 6) is -0.423. The van der Waals surface area contributed by atoms with Crippen molar-refractivity contribution in [3.05, 3.63) is 29.6 Å². The van der Waals surface area contributed by atoms with E-state index in [2.05, 4.69) is 0 Å². The molecule has 3 nitrogen and oxygen atoms in total. The van der Waals surface area contributed by atoms with E-state index in [0.29, 0.717) is 24.8 Å². The Morgan fingerprint density at radius 2 is 1.95 bits per heavy atom. The minimum Gasteiger partial charge on any atom is -0.428 e. The van der Waals surface area contributed by atoms with E-state index >= 15 is 0 Å². The fraction of sp³-hybridized carbons (Fsp3) is 0.562. The first-order valence-corrected chi connectivity index (χ1v) is 7.09. The lowest BCUT2D eigenvalue weighted by atomic mass is 9.87. The zero-order valence-corrected chi connectivity index (χ0v) is 12.5. The number of carbonyl (C=O) groups excluding carboxylic acids is 1. The molecule has 0 saturated heterocycles. The number of alkyl halides is 1. The van der Waals surface area contributed by atoms with E-state index in [1.165, 1.54) is 6.07 Å². The van der Waals surface area contributed by atoms with E-state index in [-0.39, 0.29) is 11.2 Å². The molecule has 21 heavy (non-hydrogen) atoms. The van der Waals surface area contributed by atoms with Gasteiger partial charge in [0.2, 0.25) is 0 Å². The van der Waals surface area contributed by atoms with E-state index in [0.717, 1.165) is 6.07 Å². The van der Waals surface area contributed by atoms with Gasteiger partial charge in [0.1, 0.15) is 23.8 Å². The zero-order chi connectivity index (χ0) is 15.6. The summed E-state index contributed by atoms with van der Waals surface area (Å²) in [5.41, 5.74) is 0.425. The van der Waals surface area contributed by atoms with Gasteiger partial charge < -0.3 is 9.47 Å². The third-order valence-electron chi connectivity index (χ3n) is 3.56.